The first-order valence-corrected chi connectivity index (χ1v) is 26.4. The molecule has 12 aromatic rings. The van der Waals surface area contributed by atoms with Gasteiger partial charge in [0.15, 0.2) is 5.78 Å². The van der Waals surface area contributed by atoms with E-state index < -0.39 is 11.7 Å². The summed E-state index contributed by atoms with van der Waals surface area (Å²) in [6.07, 6.45) is 0. The van der Waals surface area contributed by atoms with Crippen molar-refractivity contribution in [3.63, 3.8) is 0 Å². The first-order chi connectivity index (χ1) is 39.3. The molecule has 8 heterocycles. The summed E-state index contributed by atoms with van der Waals surface area (Å²) >= 11 is 24.2. The Bertz CT molecular complexity index is 4490. The summed E-state index contributed by atoms with van der Waals surface area (Å²) < 4.78 is 11.0. The van der Waals surface area contributed by atoms with Crippen molar-refractivity contribution < 1.29 is 19.5 Å². The van der Waals surface area contributed by atoms with Crippen LogP contribution in [0.4, 0.5) is 0 Å². The van der Waals surface area contributed by atoms with E-state index in [1.165, 1.54) is 44.6 Å². The van der Waals surface area contributed by atoms with Crippen LogP contribution in [-0.4, -0.2) is 77.6 Å². The molecule has 1 amide bonds. The second kappa shape index (κ2) is 24.1. The third-order valence-electron chi connectivity index (χ3n) is 12.8. The molecule has 414 valence electrons. The minimum Gasteiger partial charge on any atom is -0.477 e. The van der Waals surface area contributed by atoms with E-state index >= 15 is 0 Å². The number of carboxylic acids is 1. The molecule has 1 unspecified atom stereocenters. The number of halogens is 4. The van der Waals surface area contributed by atoms with E-state index in [0.717, 1.165) is 21.5 Å². The SMILES string of the molecule is CC(=O)c1cc2ccc(Cl)n2c(=O)n1-c1ccccc1.CC(N)c1cc2ccc(Cl)n2c(=O)n1-c1ccccc1.CN(C)C(=O)c1cc2ccc(Cl)n2c(=O)n1-c1ccccc1.O=C(O)c1cc2ccc(Cl)n2c(=O)n1-c1ccccc1. The highest BCUT2D eigenvalue weighted by Gasteiger charge is 2.22. The Kier molecular flexibility index (Phi) is 16.8. The summed E-state index contributed by atoms with van der Waals surface area (Å²) in [6, 6.07) is 55.8. The standard InChI is InChI=1S/C16H14ClN3O2.C15H14ClN3O.C15H11ClN2O2.C14H9ClN2O3/c1-18(2)15(21)13-10-12-8-9-14(17)20(12)16(22)19(13)11-6-4-3-5-7-11;1-10(17)13-9-12-7-8-14(16)19(12)15(20)18(13)11-5-3-2-4-6-11;1-10(19)13-9-12-7-8-14(16)18(12)15(20)17(13)11-5-3-2-4-6-11;15-12-7-6-10-8-11(13(18)19)16(14(20)17(10)12)9-4-2-1-3-5-9/h3-10H,1-2H3;2-10H,17H2,1H3;2-9H,1H3;1-8H,(H,18,19). The van der Waals surface area contributed by atoms with E-state index in [4.69, 9.17) is 52.1 Å². The van der Waals surface area contributed by atoms with Crippen LogP contribution in [0.15, 0.2) is 213 Å². The maximum absolute atomic E-state index is 12.8. The number of benzene rings is 4. The van der Waals surface area contributed by atoms with Crippen molar-refractivity contribution in [1.82, 2.24) is 40.8 Å². The van der Waals surface area contributed by atoms with Crippen molar-refractivity contribution in [1.29, 1.82) is 0 Å². The normalized spacial score (nSPS) is 11.3. The Labute approximate surface area is 485 Å². The fourth-order valence-corrected chi connectivity index (χ4v) is 10.00. The van der Waals surface area contributed by atoms with Gasteiger partial charge in [-0.3, -0.25) is 45.5 Å². The molecule has 22 heteroatoms. The van der Waals surface area contributed by atoms with Gasteiger partial charge in [-0.15, -0.1) is 0 Å². The lowest BCUT2D eigenvalue weighted by Gasteiger charge is -2.17. The average molecular weight is 1180 g/mol. The van der Waals surface area contributed by atoms with E-state index in [-0.39, 0.29) is 45.6 Å². The van der Waals surface area contributed by atoms with Crippen LogP contribution < -0.4 is 28.5 Å². The smallest absolute Gasteiger partial charge is 0.353 e. The van der Waals surface area contributed by atoms with Crippen LogP contribution in [-0.2, 0) is 0 Å². The van der Waals surface area contributed by atoms with Crippen molar-refractivity contribution in [2.45, 2.75) is 19.9 Å². The van der Waals surface area contributed by atoms with Crippen molar-refractivity contribution in [2.24, 2.45) is 5.73 Å². The van der Waals surface area contributed by atoms with Gasteiger partial charge in [-0.1, -0.05) is 119 Å². The zero-order valence-corrected chi connectivity index (χ0v) is 47.0. The molecule has 18 nitrogen and oxygen atoms in total. The number of rotatable bonds is 8. The lowest BCUT2D eigenvalue weighted by molar-refractivity contribution is 0.0685. The van der Waals surface area contributed by atoms with Gasteiger partial charge in [-0.05, 0) is 128 Å². The quantitative estimate of drug-likeness (QED) is 0.139. The van der Waals surface area contributed by atoms with Crippen molar-refractivity contribution in [3.8, 4) is 22.7 Å². The predicted octanol–water partition coefficient (Wildman–Crippen LogP) is 10.6. The largest absolute Gasteiger partial charge is 0.477 e. The monoisotopic (exact) mass is 1180 g/mol. The molecule has 0 saturated heterocycles. The maximum atomic E-state index is 12.8. The molecule has 0 radical (unpaired) electrons. The number of carboxylic acid groups (broad SMARTS) is 1. The number of carbonyl (C=O) groups is 3. The molecular formula is C60H48Cl4N10O8. The van der Waals surface area contributed by atoms with E-state index in [9.17, 15) is 38.7 Å². The minimum absolute atomic E-state index is 0.108. The molecule has 3 N–H and O–H groups in total. The van der Waals surface area contributed by atoms with E-state index in [1.54, 1.807) is 128 Å². The summed E-state index contributed by atoms with van der Waals surface area (Å²) in [5.41, 5.74) is 10.7. The molecule has 0 spiro atoms. The Balaban J connectivity index is 0.000000132. The highest BCUT2D eigenvalue weighted by Crippen LogP contribution is 2.23. The fourth-order valence-electron chi connectivity index (χ4n) is 9.07. The fraction of sp³-hybridized carbons (Fsp3) is 0.0833. The number of aromatic nitrogens is 8. The summed E-state index contributed by atoms with van der Waals surface area (Å²) in [5, 5.41) is 10.6. The molecular weight excluding hydrogens is 1130 g/mol. The number of Topliss-reactive ketones (excluding diaryl/α,β-unsaturated/α-hetero) is 1. The van der Waals surface area contributed by atoms with Crippen molar-refractivity contribution in [2.75, 3.05) is 14.1 Å². The number of para-hydroxylation sites is 4. The first kappa shape index (κ1) is 57.3. The number of hydrogen-bond donors (Lipinski definition) is 2. The third-order valence-corrected chi connectivity index (χ3v) is 14.0. The first-order valence-electron chi connectivity index (χ1n) is 24.9. The van der Waals surface area contributed by atoms with Crippen LogP contribution in [0.25, 0.3) is 44.8 Å². The Morgan fingerprint density at radius 2 is 0.707 bits per heavy atom. The van der Waals surface area contributed by atoms with Gasteiger partial charge in [0.25, 0.3) is 5.91 Å². The molecule has 82 heavy (non-hydrogen) atoms. The molecule has 12 rings (SSSR count). The molecule has 0 saturated carbocycles. The summed E-state index contributed by atoms with van der Waals surface area (Å²) in [6.45, 7) is 3.30. The van der Waals surface area contributed by atoms with Gasteiger partial charge in [0.05, 0.1) is 50.5 Å². The van der Waals surface area contributed by atoms with Gasteiger partial charge in [0.2, 0.25) is 0 Å². The van der Waals surface area contributed by atoms with Gasteiger partial charge >= 0.3 is 28.7 Å². The molecule has 0 aliphatic carbocycles. The summed E-state index contributed by atoms with van der Waals surface area (Å²) in [5.74, 6) is -1.60. The van der Waals surface area contributed by atoms with Gasteiger partial charge in [0.1, 0.15) is 32.0 Å². The van der Waals surface area contributed by atoms with Crippen LogP contribution in [0.1, 0.15) is 57.0 Å². The van der Waals surface area contributed by atoms with E-state index in [2.05, 4.69) is 0 Å². The zero-order valence-electron chi connectivity index (χ0n) is 44.0. The highest BCUT2D eigenvalue weighted by molar-refractivity contribution is 6.31. The van der Waals surface area contributed by atoms with E-state index in [0.29, 0.717) is 60.5 Å². The second-order valence-electron chi connectivity index (χ2n) is 18.5. The van der Waals surface area contributed by atoms with Crippen LogP contribution in [0, 0.1) is 0 Å². The van der Waals surface area contributed by atoms with Crippen LogP contribution >= 0.6 is 46.4 Å². The number of ketones is 1. The van der Waals surface area contributed by atoms with E-state index in [1.807, 2.05) is 85.8 Å². The zero-order chi connectivity index (χ0) is 58.7. The summed E-state index contributed by atoms with van der Waals surface area (Å²) in [7, 11) is 3.30. The number of aromatic carboxylic acids is 1. The van der Waals surface area contributed by atoms with Crippen LogP contribution in [0.5, 0.6) is 0 Å². The molecule has 4 aromatic carbocycles. The Hall–Kier alpha value is -9.43. The van der Waals surface area contributed by atoms with Gasteiger partial charge in [-0.2, -0.15) is 0 Å². The second-order valence-corrected chi connectivity index (χ2v) is 20.0. The number of hydrogen-bond acceptors (Lipinski definition) is 8. The molecule has 0 fully saturated rings. The molecule has 0 aliphatic rings. The number of nitrogens with two attached hydrogens (primary N) is 1. The van der Waals surface area contributed by atoms with Crippen molar-refractivity contribution >= 4 is 86.1 Å². The number of carbonyl (C=O) groups excluding carboxylic acids is 2. The number of fused-ring (bicyclic) bond motifs is 4. The molecule has 0 bridgehead atoms. The number of nitrogens with zero attached hydrogens (tertiary/aromatic N) is 9. The molecule has 8 aromatic heterocycles. The van der Waals surface area contributed by atoms with Gasteiger partial charge in [0, 0.05) is 32.8 Å². The molecule has 0 aliphatic heterocycles. The Morgan fingerprint density at radius 3 is 1.02 bits per heavy atom. The average Bonchev–Trinajstić information content (AvgIpc) is 4.43. The van der Waals surface area contributed by atoms with Gasteiger partial charge in [-0.25, -0.2) is 24.0 Å². The van der Waals surface area contributed by atoms with Crippen LogP contribution in [0.2, 0.25) is 20.6 Å². The topological polar surface area (TPSA) is 206 Å². The third kappa shape index (κ3) is 11.2. The van der Waals surface area contributed by atoms with Gasteiger partial charge < -0.3 is 15.7 Å². The predicted molar refractivity (Wildman–Crippen MR) is 320 cm³/mol. The lowest BCUT2D eigenvalue weighted by Crippen LogP contribution is -2.33. The van der Waals surface area contributed by atoms with Crippen LogP contribution in [0.3, 0.4) is 0 Å². The lowest BCUT2D eigenvalue weighted by atomic mass is 10.2. The van der Waals surface area contributed by atoms with Crippen molar-refractivity contribution in [3.05, 3.63) is 279 Å². The number of amides is 1. The Morgan fingerprint density at radius 1 is 0.427 bits per heavy atom. The summed E-state index contributed by atoms with van der Waals surface area (Å²) in [4.78, 5) is 87.8. The highest BCUT2D eigenvalue weighted by atomic mass is 35.5. The minimum atomic E-state index is -1.18. The maximum Gasteiger partial charge on any atom is 0.353 e. The molecule has 1 atom stereocenters.